The van der Waals surface area contributed by atoms with Crippen molar-refractivity contribution in [1.29, 1.82) is 0 Å². The van der Waals surface area contributed by atoms with E-state index in [0.717, 1.165) is 29.8 Å². The van der Waals surface area contributed by atoms with Crippen molar-refractivity contribution >= 4 is 23.0 Å². The summed E-state index contributed by atoms with van der Waals surface area (Å²) in [5.41, 5.74) is 6.56. The van der Waals surface area contributed by atoms with Gasteiger partial charge < -0.3 is 10.6 Å². The number of hydrogen-bond acceptors (Lipinski definition) is 3. The van der Waals surface area contributed by atoms with E-state index in [-0.39, 0.29) is 0 Å². The Bertz CT molecular complexity index is 405. The zero-order valence-corrected chi connectivity index (χ0v) is 10.5. The molecule has 4 heteroatoms. The fourth-order valence-corrected chi connectivity index (χ4v) is 2.14. The predicted molar refractivity (Wildman–Crippen MR) is 70.7 cm³/mol. The quantitative estimate of drug-likeness (QED) is 0.808. The molecule has 2 rings (SSSR count). The van der Waals surface area contributed by atoms with Gasteiger partial charge in [0.05, 0.1) is 5.56 Å². The first-order valence-electron chi connectivity index (χ1n) is 5.55. The lowest BCUT2D eigenvalue weighted by Gasteiger charge is -2.20. The number of nitrogens with two attached hydrogens (primary N) is 1. The Kier molecular flexibility index (Phi) is 3.10. The summed E-state index contributed by atoms with van der Waals surface area (Å²) in [4.78, 5) is 6.94. The van der Waals surface area contributed by atoms with E-state index in [1.165, 1.54) is 6.42 Å². The molecule has 1 fully saturated rings. The molecule has 86 valence electrons. The number of thiocarbonyl (C=S) groups is 1. The van der Waals surface area contributed by atoms with Gasteiger partial charge in [-0.25, -0.2) is 4.98 Å². The third kappa shape index (κ3) is 2.32. The summed E-state index contributed by atoms with van der Waals surface area (Å²) >= 11 is 5.03. The Morgan fingerprint density at radius 1 is 1.69 bits per heavy atom. The Morgan fingerprint density at radius 3 is 2.94 bits per heavy atom. The number of rotatable bonds is 4. The second-order valence-corrected chi connectivity index (χ2v) is 5.03. The van der Waals surface area contributed by atoms with Crippen molar-refractivity contribution in [3.05, 3.63) is 23.9 Å². The van der Waals surface area contributed by atoms with Crippen LogP contribution in [0.2, 0.25) is 0 Å². The Balaban J connectivity index is 2.15. The van der Waals surface area contributed by atoms with Crippen LogP contribution in [0.1, 0.15) is 18.9 Å². The van der Waals surface area contributed by atoms with E-state index in [4.69, 9.17) is 18.0 Å². The number of hydrogen-bond donors (Lipinski definition) is 1. The van der Waals surface area contributed by atoms with Gasteiger partial charge in [0.25, 0.3) is 0 Å². The molecule has 2 atom stereocenters. The van der Waals surface area contributed by atoms with Gasteiger partial charge in [-0.3, -0.25) is 0 Å². The fourth-order valence-electron chi connectivity index (χ4n) is 1.99. The van der Waals surface area contributed by atoms with Crippen molar-refractivity contribution in [2.45, 2.75) is 13.3 Å². The third-order valence-electron chi connectivity index (χ3n) is 3.20. The normalized spacial score (nSPS) is 22.9. The number of aromatic nitrogens is 1. The summed E-state index contributed by atoms with van der Waals surface area (Å²) in [6.45, 7) is 3.32. The highest BCUT2D eigenvalue weighted by Gasteiger charge is 2.33. The first-order valence-corrected chi connectivity index (χ1v) is 5.96. The highest BCUT2D eigenvalue weighted by molar-refractivity contribution is 7.80. The minimum atomic E-state index is 0.416. The lowest BCUT2D eigenvalue weighted by molar-refractivity contribution is 0.719. The van der Waals surface area contributed by atoms with E-state index in [2.05, 4.69) is 23.9 Å². The molecule has 0 radical (unpaired) electrons. The molecule has 2 unspecified atom stereocenters. The fraction of sp³-hybridized carbons (Fsp3) is 0.500. The molecule has 16 heavy (non-hydrogen) atoms. The summed E-state index contributed by atoms with van der Waals surface area (Å²) in [5.74, 6) is 2.54. The maximum atomic E-state index is 5.69. The Morgan fingerprint density at radius 2 is 2.38 bits per heavy atom. The van der Waals surface area contributed by atoms with Gasteiger partial charge in [0.15, 0.2) is 0 Å². The van der Waals surface area contributed by atoms with Crippen LogP contribution in [0.25, 0.3) is 0 Å². The van der Waals surface area contributed by atoms with Crippen molar-refractivity contribution in [3.8, 4) is 0 Å². The molecule has 1 aromatic heterocycles. The monoisotopic (exact) mass is 235 g/mol. The standard InChI is InChI=1S/C12H17N3S/c1-8-6-9(8)7-15(2)12-10(11(13)16)4-3-5-14-12/h3-5,8-9H,6-7H2,1-2H3,(H2,13,16). The molecule has 1 aliphatic rings. The summed E-state index contributed by atoms with van der Waals surface area (Å²) in [6, 6.07) is 3.79. The van der Waals surface area contributed by atoms with Gasteiger partial charge in [0.1, 0.15) is 10.8 Å². The average molecular weight is 235 g/mol. The van der Waals surface area contributed by atoms with Gasteiger partial charge in [0, 0.05) is 19.8 Å². The maximum Gasteiger partial charge on any atom is 0.138 e. The molecular formula is C12H17N3S. The molecule has 1 aliphatic carbocycles. The van der Waals surface area contributed by atoms with Gasteiger partial charge in [-0.1, -0.05) is 19.1 Å². The summed E-state index contributed by atoms with van der Waals surface area (Å²) < 4.78 is 0. The molecule has 0 saturated heterocycles. The Labute approximate surface area is 102 Å². The maximum absolute atomic E-state index is 5.69. The molecule has 1 aromatic rings. The SMILES string of the molecule is CC1CC1CN(C)c1ncccc1C(N)=S. The van der Waals surface area contributed by atoms with E-state index in [9.17, 15) is 0 Å². The van der Waals surface area contributed by atoms with Crippen molar-refractivity contribution in [2.75, 3.05) is 18.5 Å². The Hall–Kier alpha value is -1.16. The highest BCUT2D eigenvalue weighted by atomic mass is 32.1. The zero-order chi connectivity index (χ0) is 11.7. The van der Waals surface area contributed by atoms with E-state index in [0.29, 0.717) is 4.99 Å². The molecule has 3 nitrogen and oxygen atoms in total. The van der Waals surface area contributed by atoms with Crippen LogP contribution >= 0.6 is 12.2 Å². The lowest BCUT2D eigenvalue weighted by atomic mass is 10.2. The average Bonchev–Trinajstić information content (AvgIpc) is 2.94. The molecule has 0 amide bonds. The van der Waals surface area contributed by atoms with Gasteiger partial charge in [-0.05, 0) is 30.4 Å². The summed E-state index contributed by atoms with van der Waals surface area (Å²) in [5, 5.41) is 0. The van der Waals surface area contributed by atoms with Crippen molar-refractivity contribution in [1.82, 2.24) is 4.98 Å². The number of pyridine rings is 1. The minimum absolute atomic E-state index is 0.416. The molecule has 0 bridgehead atoms. The van der Waals surface area contributed by atoms with Crippen molar-refractivity contribution < 1.29 is 0 Å². The lowest BCUT2D eigenvalue weighted by Crippen LogP contribution is -2.25. The molecular weight excluding hydrogens is 218 g/mol. The van der Waals surface area contributed by atoms with Crippen LogP contribution in [-0.2, 0) is 0 Å². The first kappa shape index (κ1) is 11.3. The molecule has 2 N–H and O–H groups in total. The van der Waals surface area contributed by atoms with E-state index in [1.807, 2.05) is 12.1 Å². The second kappa shape index (κ2) is 4.37. The second-order valence-electron chi connectivity index (χ2n) is 4.59. The smallest absolute Gasteiger partial charge is 0.138 e. The molecule has 1 saturated carbocycles. The first-order chi connectivity index (χ1) is 7.59. The largest absolute Gasteiger partial charge is 0.389 e. The van der Waals surface area contributed by atoms with Gasteiger partial charge in [0.2, 0.25) is 0 Å². The van der Waals surface area contributed by atoms with Crippen LogP contribution in [0.15, 0.2) is 18.3 Å². The van der Waals surface area contributed by atoms with Crippen molar-refractivity contribution in [2.24, 2.45) is 17.6 Å². The zero-order valence-electron chi connectivity index (χ0n) is 9.68. The van der Waals surface area contributed by atoms with Crippen LogP contribution < -0.4 is 10.6 Å². The summed E-state index contributed by atoms with van der Waals surface area (Å²) in [6.07, 6.45) is 3.10. The van der Waals surface area contributed by atoms with Crippen molar-refractivity contribution in [3.63, 3.8) is 0 Å². The van der Waals surface area contributed by atoms with Crippen LogP contribution in [0.5, 0.6) is 0 Å². The van der Waals surface area contributed by atoms with Gasteiger partial charge in [-0.2, -0.15) is 0 Å². The number of anilines is 1. The molecule has 0 aliphatic heterocycles. The minimum Gasteiger partial charge on any atom is -0.389 e. The van der Waals surface area contributed by atoms with Crippen LogP contribution in [0.4, 0.5) is 5.82 Å². The molecule has 0 aromatic carbocycles. The van der Waals surface area contributed by atoms with Crippen LogP contribution in [0.3, 0.4) is 0 Å². The van der Waals surface area contributed by atoms with Crippen LogP contribution in [0, 0.1) is 11.8 Å². The van der Waals surface area contributed by atoms with E-state index < -0.39 is 0 Å². The van der Waals surface area contributed by atoms with E-state index >= 15 is 0 Å². The van der Waals surface area contributed by atoms with E-state index in [1.54, 1.807) is 6.20 Å². The molecule has 1 heterocycles. The summed E-state index contributed by atoms with van der Waals surface area (Å²) in [7, 11) is 2.05. The predicted octanol–water partition coefficient (Wildman–Crippen LogP) is 1.81. The third-order valence-corrected chi connectivity index (χ3v) is 3.42. The van der Waals surface area contributed by atoms with Crippen LogP contribution in [-0.4, -0.2) is 23.6 Å². The van der Waals surface area contributed by atoms with Gasteiger partial charge >= 0.3 is 0 Å². The molecule has 0 spiro atoms. The number of nitrogens with zero attached hydrogens (tertiary/aromatic N) is 2. The topological polar surface area (TPSA) is 42.2 Å². The van der Waals surface area contributed by atoms with Gasteiger partial charge in [-0.15, -0.1) is 0 Å². The highest BCUT2D eigenvalue weighted by Crippen LogP contribution is 2.38.